The zero-order valence-corrected chi connectivity index (χ0v) is 16.8. The fourth-order valence-electron chi connectivity index (χ4n) is 2.71. The molecule has 1 saturated heterocycles. The van der Waals surface area contributed by atoms with Crippen molar-refractivity contribution in [2.75, 3.05) is 33.5 Å². The van der Waals surface area contributed by atoms with Gasteiger partial charge in [0.15, 0.2) is 0 Å². The van der Waals surface area contributed by atoms with Crippen LogP contribution >= 0.6 is 15.9 Å². The van der Waals surface area contributed by atoms with Crippen molar-refractivity contribution < 1.29 is 19.0 Å². The first-order valence-corrected chi connectivity index (χ1v) is 9.07. The molecule has 0 bridgehead atoms. The monoisotopic (exact) mass is 418 g/mol. The summed E-state index contributed by atoms with van der Waals surface area (Å²) in [5.41, 5.74) is 6.76. The van der Waals surface area contributed by atoms with Gasteiger partial charge in [-0.3, -0.25) is 9.58 Å². The molecule has 2 unspecified atom stereocenters. The predicted octanol–water partition coefficient (Wildman–Crippen LogP) is 1.93. The van der Waals surface area contributed by atoms with Crippen molar-refractivity contribution >= 4 is 22.0 Å². The standard InChI is InChI=1S/C16H27BrN4O4/c1-16(2,3)25-15(22)20-5-8-24-10-12(20)13(18)14-11(17)9-19-21(14)6-7-23-4/h9,12-13H,5-8,10,18H2,1-4H3. The number of carbonyl (C=O) groups excluding carboxylic acids is 1. The molecular formula is C16H27BrN4O4. The molecule has 0 spiro atoms. The van der Waals surface area contributed by atoms with Gasteiger partial charge in [-0.25, -0.2) is 4.79 Å². The van der Waals surface area contributed by atoms with E-state index in [1.54, 1.807) is 22.9 Å². The third-order valence-electron chi connectivity index (χ3n) is 3.86. The highest BCUT2D eigenvalue weighted by atomic mass is 79.9. The molecule has 2 heterocycles. The van der Waals surface area contributed by atoms with Gasteiger partial charge in [0.25, 0.3) is 0 Å². The highest BCUT2D eigenvalue weighted by Gasteiger charge is 2.37. The predicted molar refractivity (Wildman–Crippen MR) is 96.3 cm³/mol. The van der Waals surface area contributed by atoms with Gasteiger partial charge in [0.1, 0.15) is 5.60 Å². The molecule has 1 aliphatic heterocycles. The van der Waals surface area contributed by atoms with Crippen LogP contribution in [0.1, 0.15) is 32.5 Å². The van der Waals surface area contributed by atoms with E-state index in [4.69, 9.17) is 19.9 Å². The maximum absolute atomic E-state index is 12.6. The van der Waals surface area contributed by atoms with Gasteiger partial charge in [-0.1, -0.05) is 0 Å². The molecule has 0 radical (unpaired) electrons. The smallest absolute Gasteiger partial charge is 0.410 e. The Morgan fingerprint density at radius 3 is 2.92 bits per heavy atom. The second-order valence-electron chi connectivity index (χ2n) is 6.94. The molecule has 1 aromatic heterocycles. The number of carbonyl (C=O) groups is 1. The first-order chi connectivity index (χ1) is 11.7. The summed E-state index contributed by atoms with van der Waals surface area (Å²) in [7, 11) is 1.64. The number of hydrogen-bond acceptors (Lipinski definition) is 6. The number of aromatic nitrogens is 2. The fraction of sp³-hybridized carbons (Fsp3) is 0.750. The van der Waals surface area contributed by atoms with Crippen LogP contribution in [0.4, 0.5) is 4.79 Å². The van der Waals surface area contributed by atoms with Crippen molar-refractivity contribution in [1.29, 1.82) is 0 Å². The number of ether oxygens (including phenoxy) is 3. The Morgan fingerprint density at radius 2 is 2.28 bits per heavy atom. The number of methoxy groups -OCH3 is 1. The van der Waals surface area contributed by atoms with Crippen molar-refractivity contribution in [1.82, 2.24) is 14.7 Å². The van der Waals surface area contributed by atoms with E-state index in [2.05, 4.69) is 21.0 Å². The zero-order chi connectivity index (χ0) is 18.6. The number of rotatable bonds is 5. The van der Waals surface area contributed by atoms with E-state index in [0.29, 0.717) is 32.9 Å². The molecule has 0 aliphatic carbocycles. The van der Waals surface area contributed by atoms with E-state index in [1.165, 1.54) is 0 Å². The number of nitrogens with two attached hydrogens (primary N) is 1. The van der Waals surface area contributed by atoms with Gasteiger partial charge in [-0.15, -0.1) is 0 Å². The maximum atomic E-state index is 12.6. The minimum atomic E-state index is -0.565. The summed E-state index contributed by atoms with van der Waals surface area (Å²) in [6.07, 6.45) is 1.32. The lowest BCUT2D eigenvalue weighted by molar-refractivity contribution is -0.0389. The number of morpholine rings is 1. The van der Waals surface area contributed by atoms with Crippen molar-refractivity contribution in [3.05, 3.63) is 16.4 Å². The van der Waals surface area contributed by atoms with Crippen LogP contribution in [-0.4, -0.2) is 65.9 Å². The zero-order valence-electron chi connectivity index (χ0n) is 15.2. The van der Waals surface area contributed by atoms with Crippen LogP contribution in [0.2, 0.25) is 0 Å². The van der Waals surface area contributed by atoms with E-state index in [-0.39, 0.29) is 12.1 Å². The number of amides is 1. The quantitative estimate of drug-likeness (QED) is 0.784. The Bertz CT molecular complexity index is 587. The van der Waals surface area contributed by atoms with Crippen molar-refractivity contribution in [3.63, 3.8) is 0 Å². The molecule has 0 saturated carbocycles. The summed E-state index contributed by atoms with van der Waals surface area (Å²) in [5.74, 6) is 0. The fourth-order valence-corrected chi connectivity index (χ4v) is 3.27. The van der Waals surface area contributed by atoms with Gasteiger partial charge in [-0.05, 0) is 36.7 Å². The summed E-state index contributed by atoms with van der Waals surface area (Å²) in [6, 6.07) is -0.806. The number of nitrogens with zero attached hydrogens (tertiary/aromatic N) is 3. The van der Waals surface area contributed by atoms with Gasteiger partial charge in [0.2, 0.25) is 0 Å². The largest absolute Gasteiger partial charge is 0.444 e. The topological polar surface area (TPSA) is 91.8 Å². The van der Waals surface area contributed by atoms with E-state index >= 15 is 0 Å². The van der Waals surface area contributed by atoms with Crippen LogP contribution < -0.4 is 5.73 Å². The Morgan fingerprint density at radius 1 is 1.56 bits per heavy atom. The average molecular weight is 419 g/mol. The second-order valence-corrected chi connectivity index (χ2v) is 7.79. The lowest BCUT2D eigenvalue weighted by Crippen LogP contribution is -2.54. The van der Waals surface area contributed by atoms with Crippen LogP contribution in [0.5, 0.6) is 0 Å². The average Bonchev–Trinajstić information content (AvgIpc) is 2.91. The minimum Gasteiger partial charge on any atom is -0.444 e. The lowest BCUT2D eigenvalue weighted by atomic mass is 10.0. The third-order valence-corrected chi connectivity index (χ3v) is 4.48. The molecule has 25 heavy (non-hydrogen) atoms. The van der Waals surface area contributed by atoms with Crippen molar-refractivity contribution in [2.45, 2.75) is 45.0 Å². The summed E-state index contributed by atoms with van der Waals surface area (Å²) < 4.78 is 18.8. The first kappa shape index (κ1) is 20.2. The highest BCUT2D eigenvalue weighted by molar-refractivity contribution is 9.10. The Balaban J connectivity index is 2.22. The molecule has 9 heteroatoms. The molecule has 142 valence electrons. The van der Waals surface area contributed by atoms with Crippen LogP contribution in [0.25, 0.3) is 0 Å². The summed E-state index contributed by atoms with van der Waals surface area (Å²) in [4.78, 5) is 14.2. The molecule has 1 amide bonds. The van der Waals surface area contributed by atoms with Crippen LogP contribution in [0.3, 0.4) is 0 Å². The van der Waals surface area contributed by atoms with E-state index in [1.807, 2.05) is 20.8 Å². The molecule has 1 aromatic rings. The minimum absolute atomic E-state index is 0.335. The molecule has 1 aliphatic rings. The molecule has 2 rings (SSSR count). The Kier molecular flexibility index (Phi) is 6.84. The molecule has 2 atom stereocenters. The van der Waals surface area contributed by atoms with E-state index in [9.17, 15) is 4.79 Å². The number of halogens is 1. The van der Waals surface area contributed by atoms with Crippen LogP contribution in [-0.2, 0) is 20.8 Å². The maximum Gasteiger partial charge on any atom is 0.410 e. The van der Waals surface area contributed by atoms with Gasteiger partial charge in [-0.2, -0.15) is 5.10 Å². The number of hydrogen-bond donors (Lipinski definition) is 1. The lowest BCUT2D eigenvalue weighted by Gasteiger charge is -2.39. The summed E-state index contributed by atoms with van der Waals surface area (Å²) in [5, 5.41) is 4.33. The Labute approximate surface area is 156 Å². The molecule has 0 aromatic carbocycles. The molecule has 2 N–H and O–H groups in total. The van der Waals surface area contributed by atoms with Crippen molar-refractivity contribution in [2.24, 2.45) is 5.73 Å². The van der Waals surface area contributed by atoms with Crippen LogP contribution in [0.15, 0.2) is 10.7 Å². The van der Waals surface area contributed by atoms with E-state index in [0.717, 1.165) is 10.2 Å². The van der Waals surface area contributed by atoms with Gasteiger partial charge >= 0.3 is 6.09 Å². The SMILES string of the molecule is COCCn1ncc(Br)c1C(N)C1COCCN1C(=O)OC(C)(C)C. The normalized spacial score (nSPS) is 19.8. The highest BCUT2D eigenvalue weighted by Crippen LogP contribution is 2.28. The molecule has 1 fully saturated rings. The third kappa shape index (κ3) is 5.16. The summed E-state index contributed by atoms with van der Waals surface area (Å²) in [6.45, 7) is 7.88. The van der Waals surface area contributed by atoms with Crippen LogP contribution in [0, 0.1) is 0 Å². The van der Waals surface area contributed by atoms with Crippen molar-refractivity contribution in [3.8, 4) is 0 Å². The van der Waals surface area contributed by atoms with Gasteiger partial charge < -0.3 is 19.9 Å². The summed E-state index contributed by atoms with van der Waals surface area (Å²) >= 11 is 3.50. The van der Waals surface area contributed by atoms with Gasteiger partial charge in [0, 0.05) is 13.7 Å². The van der Waals surface area contributed by atoms with Gasteiger partial charge in [0.05, 0.1) is 54.8 Å². The molecular weight excluding hydrogens is 392 g/mol. The second kappa shape index (κ2) is 8.48. The Hall–Kier alpha value is -1.16. The van der Waals surface area contributed by atoms with E-state index < -0.39 is 11.6 Å². The molecule has 8 nitrogen and oxygen atoms in total. The first-order valence-electron chi connectivity index (χ1n) is 8.27.